The van der Waals surface area contributed by atoms with Gasteiger partial charge >= 0.3 is 0 Å². The maximum absolute atomic E-state index is 13.1. The highest BCUT2D eigenvalue weighted by Crippen LogP contribution is 2.30. The van der Waals surface area contributed by atoms with Gasteiger partial charge in [0.1, 0.15) is 12.4 Å². The molecule has 1 N–H and O–H groups in total. The molecule has 0 aliphatic carbocycles. The van der Waals surface area contributed by atoms with Crippen LogP contribution in [0, 0.1) is 0 Å². The molecule has 1 atom stereocenters. The summed E-state index contributed by atoms with van der Waals surface area (Å²) in [5.74, 6) is 0.356. The van der Waals surface area contributed by atoms with Gasteiger partial charge in [-0.15, -0.1) is 0 Å². The van der Waals surface area contributed by atoms with Gasteiger partial charge in [0.2, 0.25) is 5.91 Å². The normalized spacial score (nSPS) is 18.8. The molecule has 30 heavy (non-hydrogen) atoms. The van der Waals surface area contributed by atoms with Gasteiger partial charge in [0.25, 0.3) is 11.5 Å². The van der Waals surface area contributed by atoms with Crippen LogP contribution in [0.15, 0.2) is 35.1 Å². The van der Waals surface area contributed by atoms with Crippen LogP contribution in [-0.2, 0) is 22.5 Å². The molecule has 158 valence electrons. The minimum Gasteiger partial charge on any atom is -0.375 e. The summed E-state index contributed by atoms with van der Waals surface area (Å²) in [7, 11) is 1.48. The second-order valence-electron chi connectivity index (χ2n) is 7.75. The highest BCUT2D eigenvalue weighted by molar-refractivity contribution is 5.94. The van der Waals surface area contributed by atoms with Gasteiger partial charge in [0.05, 0.1) is 23.8 Å². The van der Waals surface area contributed by atoms with Gasteiger partial charge in [-0.1, -0.05) is 18.2 Å². The zero-order valence-electron chi connectivity index (χ0n) is 17.1. The fraction of sp³-hybridized carbons (Fsp3) is 0.455. The molecule has 2 aromatic rings. The number of carbonyl (C=O) groups is 2. The molecule has 3 heterocycles. The standard InChI is InChI=1S/C22H26N4O4/c1-30-14-19(27)25-12-10-17-16(13-25)21(28)24-20(23-17)18-9-5-6-11-26(18)22(29)15-7-3-2-4-8-15/h2-4,7-8,18H,5-6,9-14H2,1H3,(H,23,24,28)/t18-/m0/s1. The van der Waals surface area contributed by atoms with Gasteiger partial charge in [-0.3, -0.25) is 14.4 Å². The van der Waals surface area contributed by atoms with E-state index in [9.17, 15) is 14.4 Å². The number of nitrogens with one attached hydrogen (secondary N) is 1. The Morgan fingerprint density at radius 1 is 1.20 bits per heavy atom. The smallest absolute Gasteiger partial charge is 0.256 e. The number of amides is 2. The molecule has 0 bridgehead atoms. The third-order valence-corrected chi connectivity index (χ3v) is 5.81. The molecule has 1 saturated heterocycles. The van der Waals surface area contributed by atoms with Gasteiger partial charge < -0.3 is 19.5 Å². The van der Waals surface area contributed by atoms with Gasteiger partial charge in [0, 0.05) is 32.2 Å². The molecule has 8 nitrogen and oxygen atoms in total. The Kier molecular flexibility index (Phi) is 5.94. The summed E-state index contributed by atoms with van der Waals surface area (Å²) in [6.45, 7) is 1.37. The second-order valence-corrected chi connectivity index (χ2v) is 7.75. The SMILES string of the molecule is COCC(=O)N1CCc2nc([C@@H]3CCCCN3C(=O)c3ccccc3)[nH]c(=O)c2C1. The number of nitrogens with zero attached hydrogens (tertiary/aromatic N) is 3. The molecule has 1 fully saturated rings. The number of aromatic nitrogens is 2. The van der Waals surface area contributed by atoms with Crippen molar-refractivity contribution < 1.29 is 14.3 Å². The van der Waals surface area contributed by atoms with E-state index in [-0.39, 0.29) is 36.6 Å². The molecule has 2 aliphatic heterocycles. The average Bonchev–Trinajstić information content (AvgIpc) is 2.79. The first-order chi connectivity index (χ1) is 14.6. The zero-order valence-corrected chi connectivity index (χ0v) is 17.1. The second kappa shape index (κ2) is 8.79. The third kappa shape index (κ3) is 4.00. The number of hydrogen-bond acceptors (Lipinski definition) is 5. The number of piperidine rings is 1. The minimum absolute atomic E-state index is 0.00260. The molecule has 2 aliphatic rings. The van der Waals surface area contributed by atoms with Crippen molar-refractivity contribution in [3.63, 3.8) is 0 Å². The Morgan fingerprint density at radius 3 is 2.77 bits per heavy atom. The number of hydrogen-bond donors (Lipinski definition) is 1. The summed E-state index contributed by atoms with van der Waals surface area (Å²) in [6.07, 6.45) is 3.18. The van der Waals surface area contributed by atoms with Gasteiger partial charge in [-0.05, 0) is 31.4 Å². The molecule has 0 radical (unpaired) electrons. The number of carbonyl (C=O) groups excluding carboxylic acids is 2. The Bertz CT molecular complexity index is 988. The van der Waals surface area contributed by atoms with Crippen molar-refractivity contribution in [3.05, 3.63) is 63.3 Å². The van der Waals surface area contributed by atoms with Crippen LogP contribution >= 0.6 is 0 Å². The maximum atomic E-state index is 13.1. The van der Waals surface area contributed by atoms with Crippen LogP contribution in [0.25, 0.3) is 0 Å². The predicted molar refractivity (Wildman–Crippen MR) is 110 cm³/mol. The topological polar surface area (TPSA) is 95.6 Å². The third-order valence-electron chi connectivity index (χ3n) is 5.81. The first kappa shape index (κ1) is 20.3. The fourth-order valence-corrected chi connectivity index (χ4v) is 4.24. The molecular weight excluding hydrogens is 384 g/mol. The molecule has 1 aromatic heterocycles. The quantitative estimate of drug-likeness (QED) is 0.827. The lowest BCUT2D eigenvalue weighted by molar-refractivity contribution is -0.136. The number of aromatic amines is 1. The summed E-state index contributed by atoms with van der Waals surface area (Å²) in [6, 6.07) is 8.94. The van der Waals surface area contributed by atoms with Crippen LogP contribution < -0.4 is 5.56 Å². The van der Waals surface area contributed by atoms with Crippen molar-refractivity contribution in [1.82, 2.24) is 19.8 Å². The fourth-order valence-electron chi connectivity index (χ4n) is 4.24. The van der Waals surface area contributed by atoms with Crippen LogP contribution in [0.1, 0.15) is 52.7 Å². The molecule has 0 unspecified atom stereocenters. The van der Waals surface area contributed by atoms with E-state index in [1.165, 1.54) is 7.11 Å². The van der Waals surface area contributed by atoms with E-state index < -0.39 is 0 Å². The van der Waals surface area contributed by atoms with Crippen LogP contribution in [0.2, 0.25) is 0 Å². The zero-order chi connectivity index (χ0) is 21.1. The van der Waals surface area contributed by atoms with E-state index in [4.69, 9.17) is 9.72 Å². The summed E-state index contributed by atoms with van der Waals surface area (Å²) in [4.78, 5) is 49.1. The summed E-state index contributed by atoms with van der Waals surface area (Å²) in [5.41, 5.74) is 1.64. The molecular formula is C22H26N4O4. The number of fused-ring (bicyclic) bond motifs is 1. The van der Waals surface area contributed by atoms with E-state index in [1.54, 1.807) is 4.90 Å². The average molecular weight is 410 g/mol. The summed E-state index contributed by atoms with van der Waals surface area (Å²) in [5, 5.41) is 0. The molecule has 2 amide bonds. The first-order valence-corrected chi connectivity index (χ1v) is 10.3. The van der Waals surface area contributed by atoms with Crippen molar-refractivity contribution >= 4 is 11.8 Å². The first-order valence-electron chi connectivity index (χ1n) is 10.3. The van der Waals surface area contributed by atoms with Crippen molar-refractivity contribution in [1.29, 1.82) is 0 Å². The van der Waals surface area contributed by atoms with E-state index in [1.807, 2.05) is 35.2 Å². The lowest BCUT2D eigenvalue weighted by atomic mass is 9.99. The Hall–Kier alpha value is -3.00. The van der Waals surface area contributed by atoms with Crippen LogP contribution in [0.5, 0.6) is 0 Å². The molecule has 0 spiro atoms. The molecule has 0 saturated carbocycles. The van der Waals surface area contributed by atoms with E-state index in [0.717, 1.165) is 19.3 Å². The van der Waals surface area contributed by atoms with Gasteiger partial charge in [-0.2, -0.15) is 0 Å². The number of ether oxygens (including phenoxy) is 1. The van der Waals surface area contributed by atoms with E-state index in [0.29, 0.717) is 42.2 Å². The number of likely N-dealkylation sites (tertiary alicyclic amines) is 1. The van der Waals surface area contributed by atoms with Crippen molar-refractivity contribution in [2.75, 3.05) is 26.8 Å². The van der Waals surface area contributed by atoms with Crippen LogP contribution in [0.4, 0.5) is 0 Å². The Balaban J connectivity index is 1.61. The number of benzene rings is 1. The summed E-state index contributed by atoms with van der Waals surface area (Å²) < 4.78 is 4.91. The van der Waals surface area contributed by atoms with Crippen LogP contribution in [-0.4, -0.2) is 58.4 Å². The highest BCUT2D eigenvalue weighted by atomic mass is 16.5. The minimum atomic E-state index is -0.252. The Labute approximate surface area is 174 Å². The highest BCUT2D eigenvalue weighted by Gasteiger charge is 2.32. The molecule has 1 aromatic carbocycles. The number of methoxy groups -OCH3 is 1. The predicted octanol–water partition coefficient (Wildman–Crippen LogP) is 1.67. The van der Waals surface area contributed by atoms with Crippen molar-refractivity contribution in [2.45, 2.75) is 38.3 Å². The van der Waals surface area contributed by atoms with Crippen molar-refractivity contribution in [3.8, 4) is 0 Å². The number of rotatable bonds is 4. The van der Waals surface area contributed by atoms with Crippen molar-refractivity contribution in [2.24, 2.45) is 0 Å². The van der Waals surface area contributed by atoms with Gasteiger partial charge in [0.15, 0.2) is 0 Å². The monoisotopic (exact) mass is 410 g/mol. The maximum Gasteiger partial charge on any atom is 0.256 e. The molecule has 4 rings (SSSR count). The molecule has 8 heteroatoms. The van der Waals surface area contributed by atoms with E-state index in [2.05, 4.69) is 4.98 Å². The lowest BCUT2D eigenvalue weighted by Gasteiger charge is -2.36. The van der Waals surface area contributed by atoms with Crippen LogP contribution in [0.3, 0.4) is 0 Å². The lowest BCUT2D eigenvalue weighted by Crippen LogP contribution is -2.43. The number of H-pyrrole nitrogens is 1. The largest absolute Gasteiger partial charge is 0.375 e. The summed E-state index contributed by atoms with van der Waals surface area (Å²) >= 11 is 0. The van der Waals surface area contributed by atoms with Gasteiger partial charge in [-0.25, -0.2) is 4.98 Å². The van der Waals surface area contributed by atoms with E-state index >= 15 is 0 Å². The Morgan fingerprint density at radius 2 is 2.00 bits per heavy atom.